The molecule has 0 aromatic heterocycles. The van der Waals surface area contributed by atoms with Crippen molar-refractivity contribution in [3.63, 3.8) is 0 Å². The van der Waals surface area contributed by atoms with Gasteiger partial charge in [0.25, 0.3) is 0 Å². The molecule has 13 nitrogen and oxygen atoms in total. The van der Waals surface area contributed by atoms with Gasteiger partial charge >= 0.3 is 6.09 Å². The number of fused-ring (bicyclic) bond motifs is 2. The quantitative estimate of drug-likeness (QED) is 0.133. The highest BCUT2D eigenvalue weighted by Gasteiger charge is 2.44. The van der Waals surface area contributed by atoms with E-state index in [2.05, 4.69) is 15.2 Å². The van der Waals surface area contributed by atoms with Crippen LogP contribution in [0.15, 0.2) is 58.6 Å². The second-order valence-corrected chi connectivity index (χ2v) is 14.6. The largest absolute Gasteiger partial charge is 0.454 e. The summed E-state index contributed by atoms with van der Waals surface area (Å²) in [6.07, 6.45) is -0.922. The fourth-order valence-electron chi connectivity index (χ4n) is 6.09. The van der Waals surface area contributed by atoms with Crippen LogP contribution in [0.5, 0.6) is 11.5 Å². The molecule has 3 heterocycles. The Morgan fingerprint density at radius 2 is 1.87 bits per heavy atom. The summed E-state index contributed by atoms with van der Waals surface area (Å²) in [4.78, 5) is 13.2. The number of hydrogen-bond acceptors (Lipinski definition) is 11. The van der Waals surface area contributed by atoms with Gasteiger partial charge in [-0.3, -0.25) is 0 Å². The molecule has 3 aliphatic rings. The van der Waals surface area contributed by atoms with Gasteiger partial charge in [-0.2, -0.15) is 0 Å². The summed E-state index contributed by atoms with van der Waals surface area (Å²) in [5.74, 6) is 0.666. The third-order valence-corrected chi connectivity index (χ3v) is 10.2. The molecule has 3 aliphatic heterocycles. The lowest BCUT2D eigenvalue weighted by atomic mass is 9.78. The second-order valence-electron chi connectivity index (χ2n) is 12.8. The van der Waals surface area contributed by atoms with E-state index in [4.69, 9.17) is 28.9 Å². The third-order valence-electron chi connectivity index (χ3n) is 8.74. The smallest absolute Gasteiger partial charge is 0.407 e. The van der Waals surface area contributed by atoms with Gasteiger partial charge in [0.1, 0.15) is 6.10 Å². The average Bonchev–Trinajstić information content (AvgIpc) is 3.78. The van der Waals surface area contributed by atoms with E-state index in [-0.39, 0.29) is 37.1 Å². The first kappa shape index (κ1) is 33.9. The van der Waals surface area contributed by atoms with Crippen molar-refractivity contribution in [1.82, 2.24) is 10.0 Å². The van der Waals surface area contributed by atoms with Crippen molar-refractivity contribution in [2.45, 2.75) is 88.4 Å². The van der Waals surface area contributed by atoms with Gasteiger partial charge in [-0.25, -0.2) is 17.9 Å². The van der Waals surface area contributed by atoms with E-state index in [9.17, 15) is 18.3 Å². The Morgan fingerprint density at radius 1 is 1.11 bits per heavy atom. The lowest BCUT2D eigenvalue weighted by Crippen LogP contribution is -2.56. The Morgan fingerprint density at radius 3 is 2.63 bits per heavy atom. The number of ether oxygens (including phenoxy) is 5. The number of carbonyl (C=O) groups is 1. The van der Waals surface area contributed by atoms with Crippen LogP contribution >= 0.6 is 0 Å². The molecule has 2 saturated heterocycles. The third kappa shape index (κ3) is 8.48. The Bertz CT molecular complexity index is 1490. The van der Waals surface area contributed by atoms with Crippen LogP contribution in [0.4, 0.5) is 4.79 Å². The van der Waals surface area contributed by atoms with Crippen molar-refractivity contribution in [3.8, 4) is 11.5 Å². The van der Waals surface area contributed by atoms with E-state index in [0.717, 1.165) is 5.56 Å². The number of benzene rings is 2. The Labute approximate surface area is 269 Å². The van der Waals surface area contributed by atoms with Crippen LogP contribution < -0.4 is 19.5 Å². The van der Waals surface area contributed by atoms with Crippen LogP contribution in [0.1, 0.15) is 52.0 Å². The highest BCUT2D eigenvalue weighted by atomic mass is 32.2. The number of nitrogens with one attached hydrogen (secondary N) is 2. The fourth-order valence-corrected chi connectivity index (χ4v) is 7.35. The minimum Gasteiger partial charge on any atom is -0.454 e. The van der Waals surface area contributed by atoms with Gasteiger partial charge in [-0.05, 0) is 62.1 Å². The van der Waals surface area contributed by atoms with E-state index in [0.29, 0.717) is 43.1 Å². The van der Waals surface area contributed by atoms with Crippen molar-refractivity contribution in [2.75, 3.05) is 20.0 Å². The number of amides is 1. The molecular weight excluding hydrogens is 618 g/mol. The summed E-state index contributed by atoms with van der Waals surface area (Å²) < 4.78 is 57.9. The average molecular weight is 662 g/mol. The zero-order valence-electron chi connectivity index (χ0n) is 26.3. The van der Waals surface area contributed by atoms with Crippen LogP contribution in [-0.4, -0.2) is 81.1 Å². The molecule has 0 radical (unpaired) electrons. The molecule has 2 aromatic carbocycles. The molecule has 4 N–H and O–H groups in total. The molecule has 0 aliphatic carbocycles. The Balaban J connectivity index is 1.40. The predicted octanol–water partition coefficient (Wildman–Crippen LogP) is 3.57. The molecule has 0 spiro atoms. The lowest BCUT2D eigenvalue weighted by molar-refractivity contribution is -0.0907. The van der Waals surface area contributed by atoms with E-state index >= 15 is 0 Å². The van der Waals surface area contributed by atoms with Gasteiger partial charge in [-0.1, -0.05) is 49.3 Å². The molecule has 252 valence electrons. The molecule has 0 saturated carbocycles. The van der Waals surface area contributed by atoms with Gasteiger partial charge < -0.3 is 39.3 Å². The number of rotatable bonds is 14. The fraction of sp³-hybridized carbons (Fsp3) is 0.562. The van der Waals surface area contributed by atoms with Crippen molar-refractivity contribution < 1.29 is 47.2 Å². The van der Waals surface area contributed by atoms with E-state index < -0.39 is 52.1 Å². The van der Waals surface area contributed by atoms with Crippen molar-refractivity contribution >= 4 is 21.8 Å². The Kier molecular flexibility index (Phi) is 10.7. The number of aliphatic hydroxyl groups is 1. The maximum Gasteiger partial charge on any atom is 0.407 e. The number of aliphatic hydroxyl groups excluding tert-OH is 1. The first-order valence-electron chi connectivity index (χ1n) is 15.5. The number of sulfonamides is 1. The summed E-state index contributed by atoms with van der Waals surface area (Å²) in [5, 5.41) is 27.2. The van der Waals surface area contributed by atoms with Gasteiger partial charge in [0.05, 0.1) is 47.9 Å². The van der Waals surface area contributed by atoms with Crippen LogP contribution in [0, 0.1) is 11.3 Å². The maximum atomic E-state index is 13.8. The second kappa shape index (κ2) is 14.6. The predicted molar refractivity (Wildman–Crippen MR) is 166 cm³/mol. The van der Waals surface area contributed by atoms with E-state index in [1.54, 1.807) is 6.92 Å². The molecule has 2 fully saturated rings. The minimum absolute atomic E-state index is 0.0112. The molecular formula is C32H43N3O10S. The summed E-state index contributed by atoms with van der Waals surface area (Å²) in [6, 6.07) is 11.6. The molecule has 1 unspecified atom stereocenters. The first-order chi connectivity index (χ1) is 21.9. The molecule has 46 heavy (non-hydrogen) atoms. The van der Waals surface area contributed by atoms with Crippen molar-refractivity contribution in [2.24, 2.45) is 16.5 Å². The van der Waals surface area contributed by atoms with Crippen LogP contribution in [-0.2, 0) is 30.7 Å². The molecule has 0 bridgehead atoms. The van der Waals surface area contributed by atoms with Crippen molar-refractivity contribution in [3.05, 3.63) is 54.1 Å². The summed E-state index contributed by atoms with van der Waals surface area (Å²) in [5.41, 5.74) is 0.834. The normalized spacial score (nSPS) is 23.0. The summed E-state index contributed by atoms with van der Waals surface area (Å²) in [6.45, 7) is 6.31. The standard InChI is InChI=1S/C32H43N3O10S/c1-20(34-38)11-13-32(2,3)17-25(35-46(39,40)22-9-10-26-27(16-22)44-19-43-26)29(36)24(15-21-7-5-4-6-8-21)33-31(37)45-28-18-42-30-23(28)12-14-41-30/h4-10,16,23-25,28-30,35-36,38H,11-15,17-19H2,1-3H3,(H,33,37)/t23-,24-,25?,28-,29+,30+/m0/s1. The number of alkyl carbamates (subject to hydrolysis) is 1. The van der Waals surface area contributed by atoms with Crippen LogP contribution in [0.3, 0.4) is 0 Å². The zero-order valence-corrected chi connectivity index (χ0v) is 27.1. The number of oxime groups is 1. The van der Waals surface area contributed by atoms with Gasteiger partial charge in [0.2, 0.25) is 16.8 Å². The highest BCUT2D eigenvalue weighted by Crippen LogP contribution is 2.36. The molecule has 1 amide bonds. The lowest BCUT2D eigenvalue weighted by Gasteiger charge is -2.36. The van der Waals surface area contributed by atoms with Crippen LogP contribution in [0.25, 0.3) is 0 Å². The molecule has 14 heteroatoms. The first-order valence-corrected chi connectivity index (χ1v) is 16.9. The monoisotopic (exact) mass is 661 g/mol. The molecule has 2 aromatic rings. The summed E-state index contributed by atoms with van der Waals surface area (Å²) in [7, 11) is -4.18. The van der Waals surface area contributed by atoms with E-state index in [1.807, 2.05) is 44.2 Å². The maximum absolute atomic E-state index is 13.8. The Hall–Kier alpha value is -3.43. The zero-order chi connectivity index (χ0) is 32.9. The number of nitrogens with zero attached hydrogens (tertiary/aromatic N) is 1. The topological polar surface area (TPSA) is 174 Å². The van der Waals surface area contributed by atoms with Gasteiger partial charge in [0.15, 0.2) is 17.8 Å². The molecule has 5 rings (SSSR count). The SMILES string of the molecule is CC(CCC(C)(C)CC(NS(=O)(=O)c1ccc2c(c1)OCO2)[C@H](O)[C@H](Cc1ccccc1)NC(=O)O[C@H]1CO[C@H]2OCC[C@H]21)=NO. The summed E-state index contributed by atoms with van der Waals surface area (Å²) >= 11 is 0. The number of carbonyl (C=O) groups excluding carboxylic acids is 1. The minimum atomic E-state index is -4.18. The highest BCUT2D eigenvalue weighted by molar-refractivity contribution is 7.89. The van der Waals surface area contributed by atoms with Crippen LogP contribution in [0.2, 0.25) is 0 Å². The van der Waals surface area contributed by atoms with Gasteiger partial charge in [-0.15, -0.1) is 0 Å². The van der Waals surface area contributed by atoms with E-state index in [1.165, 1.54) is 18.2 Å². The van der Waals surface area contributed by atoms with Crippen molar-refractivity contribution in [1.29, 1.82) is 0 Å². The molecule has 6 atom stereocenters. The van der Waals surface area contributed by atoms with Gasteiger partial charge in [0, 0.05) is 6.07 Å². The number of hydrogen-bond donors (Lipinski definition) is 4.